The van der Waals surface area contributed by atoms with Gasteiger partial charge >= 0.3 is 0 Å². The second-order valence-corrected chi connectivity index (χ2v) is 5.48. The van der Waals surface area contributed by atoms with Crippen molar-refractivity contribution in [2.24, 2.45) is 11.7 Å². The zero-order valence-corrected chi connectivity index (χ0v) is 11.4. The maximum Gasteiger partial charge on any atom is 0.0696 e. The molecule has 1 aromatic rings. The van der Waals surface area contributed by atoms with Crippen LogP contribution in [0.15, 0.2) is 18.2 Å². The zero-order chi connectivity index (χ0) is 13.0. The first-order chi connectivity index (χ1) is 7.90. The van der Waals surface area contributed by atoms with Crippen molar-refractivity contribution in [2.45, 2.75) is 52.7 Å². The lowest BCUT2D eigenvalue weighted by atomic mass is 9.94. The van der Waals surface area contributed by atoms with E-state index >= 15 is 0 Å². The first kappa shape index (κ1) is 14.2. The maximum absolute atomic E-state index is 9.95. The Morgan fingerprint density at radius 3 is 2.35 bits per heavy atom. The van der Waals surface area contributed by atoms with Crippen molar-refractivity contribution < 1.29 is 5.11 Å². The Morgan fingerprint density at radius 1 is 1.18 bits per heavy atom. The fraction of sp³-hybridized carbons (Fsp3) is 0.600. The average Bonchev–Trinajstić information content (AvgIpc) is 2.22. The highest BCUT2D eigenvalue weighted by molar-refractivity contribution is 5.30. The molecule has 0 saturated carbocycles. The number of rotatable bonds is 5. The van der Waals surface area contributed by atoms with Crippen LogP contribution >= 0.6 is 0 Å². The predicted molar refractivity (Wildman–Crippen MR) is 73.1 cm³/mol. The molecule has 2 atom stereocenters. The highest BCUT2D eigenvalue weighted by Crippen LogP contribution is 2.14. The number of nitrogens with two attached hydrogens (primary N) is 1. The maximum atomic E-state index is 9.95. The normalized spacial score (nSPS) is 15.0. The molecule has 0 spiro atoms. The van der Waals surface area contributed by atoms with Gasteiger partial charge < -0.3 is 10.8 Å². The van der Waals surface area contributed by atoms with Gasteiger partial charge in [0.1, 0.15) is 0 Å². The molecule has 0 amide bonds. The Hall–Kier alpha value is -0.860. The molecule has 0 radical (unpaired) electrons. The molecule has 0 saturated heterocycles. The van der Waals surface area contributed by atoms with E-state index in [-0.39, 0.29) is 6.04 Å². The van der Waals surface area contributed by atoms with Gasteiger partial charge in [-0.25, -0.2) is 0 Å². The summed E-state index contributed by atoms with van der Waals surface area (Å²) < 4.78 is 0. The molecule has 0 aliphatic rings. The minimum Gasteiger partial charge on any atom is -0.391 e. The van der Waals surface area contributed by atoms with Gasteiger partial charge in [0.25, 0.3) is 0 Å². The van der Waals surface area contributed by atoms with Crippen LogP contribution in [0.25, 0.3) is 0 Å². The Bertz CT molecular complexity index is 360. The third-order valence-corrected chi connectivity index (χ3v) is 3.25. The molecule has 0 aliphatic carbocycles. The van der Waals surface area contributed by atoms with E-state index in [4.69, 9.17) is 5.73 Å². The number of benzene rings is 1. The van der Waals surface area contributed by atoms with Crippen molar-refractivity contribution in [3.8, 4) is 0 Å². The van der Waals surface area contributed by atoms with Crippen LogP contribution in [0.5, 0.6) is 0 Å². The largest absolute Gasteiger partial charge is 0.391 e. The monoisotopic (exact) mass is 235 g/mol. The molecule has 2 unspecified atom stereocenters. The third kappa shape index (κ3) is 4.49. The van der Waals surface area contributed by atoms with E-state index in [0.29, 0.717) is 5.92 Å². The highest BCUT2D eigenvalue weighted by Gasteiger charge is 2.16. The first-order valence-corrected chi connectivity index (χ1v) is 6.40. The Kier molecular flexibility index (Phi) is 5.16. The minimum absolute atomic E-state index is 0.167. The van der Waals surface area contributed by atoms with Crippen molar-refractivity contribution in [1.29, 1.82) is 0 Å². The second-order valence-electron chi connectivity index (χ2n) is 5.48. The topological polar surface area (TPSA) is 46.2 Å². The van der Waals surface area contributed by atoms with Crippen LogP contribution < -0.4 is 5.73 Å². The molecule has 2 nitrogen and oxygen atoms in total. The Morgan fingerprint density at radius 2 is 1.82 bits per heavy atom. The number of aryl methyl sites for hydroxylation is 2. The lowest BCUT2D eigenvalue weighted by Gasteiger charge is -2.20. The summed E-state index contributed by atoms with van der Waals surface area (Å²) >= 11 is 0. The van der Waals surface area contributed by atoms with Crippen LogP contribution in [0.1, 0.15) is 37.0 Å². The quantitative estimate of drug-likeness (QED) is 0.824. The summed E-state index contributed by atoms with van der Waals surface area (Å²) in [6.45, 7) is 8.42. The highest BCUT2D eigenvalue weighted by atomic mass is 16.3. The fourth-order valence-corrected chi connectivity index (χ4v) is 2.00. The van der Waals surface area contributed by atoms with E-state index in [1.807, 2.05) is 0 Å². The average molecular weight is 235 g/mol. The molecular formula is C15H25NO. The van der Waals surface area contributed by atoms with Crippen LogP contribution in [0.4, 0.5) is 0 Å². The van der Waals surface area contributed by atoms with E-state index in [0.717, 1.165) is 12.8 Å². The van der Waals surface area contributed by atoms with Gasteiger partial charge in [0.15, 0.2) is 0 Å². The summed E-state index contributed by atoms with van der Waals surface area (Å²) in [4.78, 5) is 0. The number of aliphatic hydroxyl groups is 1. The zero-order valence-electron chi connectivity index (χ0n) is 11.4. The van der Waals surface area contributed by atoms with E-state index in [1.165, 1.54) is 16.7 Å². The number of hydrogen-bond donors (Lipinski definition) is 2. The molecule has 2 heteroatoms. The first-order valence-electron chi connectivity index (χ1n) is 6.40. The fourth-order valence-electron chi connectivity index (χ4n) is 2.00. The van der Waals surface area contributed by atoms with Crippen LogP contribution in [0.3, 0.4) is 0 Å². The molecule has 96 valence electrons. The molecule has 17 heavy (non-hydrogen) atoms. The van der Waals surface area contributed by atoms with Gasteiger partial charge in [0, 0.05) is 6.04 Å². The van der Waals surface area contributed by atoms with Gasteiger partial charge in [-0.1, -0.05) is 32.0 Å². The second kappa shape index (κ2) is 6.18. The van der Waals surface area contributed by atoms with E-state index in [1.54, 1.807) is 0 Å². The molecule has 1 rings (SSSR count). The molecule has 0 aliphatic heterocycles. The van der Waals surface area contributed by atoms with Crippen molar-refractivity contribution in [3.05, 3.63) is 34.9 Å². The minimum atomic E-state index is -0.406. The van der Waals surface area contributed by atoms with Gasteiger partial charge in [-0.2, -0.15) is 0 Å². The summed E-state index contributed by atoms with van der Waals surface area (Å²) in [5, 5.41) is 9.95. The smallest absolute Gasteiger partial charge is 0.0696 e. The predicted octanol–water partition coefficient (Wildman–Crippen LogP) is 2.58. The van der Waals surface area contributed by atoms with Gasteiger partial charge in [-0.15, -0.1) is 0 Å². The third-order valence-electron chi connectivity index (χ3n) is 3.25. The van der Waals surface area contributed by atoms with Crippen LogP contribution in [-0.4, -0.2) is 17.3 Å². The van der Waals surface area contributed by atoms with Gasteiger partial charge in [-0.05, 0) is 49.3 Å². The van der Waals surface area contributed by atoms with Gasteiger partial charge in [0.2, 0.25) is 0 Å². The van der Waals surface area contributed by atoms with Crippen molar-refractivity contribution in [1.82, 2.24) is 0 Å². The van der Waals surface area contributed by atoms with E-state index < -0.39 is 6.10 Å². The molecule has 0 fully saturated rings. The molecule has 0 bridgehead atoms. The summed E-state index contributed by atoms with van der Waals surface area (Å²) in [7, 11) is 0. The summed E-state index contributed by atoms with van der Waals surface area (Å²) in [6.07, 6.45) is 1.11. The SMILES string of the molecule is Cc1ccc(CC(N)C(O)CC(C)C)cc1C. The van der Waals surface area contributed by atoms with Crippen molar-refractivity contribution in [3.63, 3.8) is 0 Å². The number of hydrogen-bond acceptors (Lipinski definition) is 2. The van der Waals surface area contributed by atoms with Crippen molar-refractivity contribution >= 4 is 0 Å². The summed E-state index contributed by atoms with van der Waals surface area (Å²) in [6, 6.07) is 6.22. The molecule has 3 N–H and O–H groups in total. The van der Waals surface area contributed by atoms with Crippen LogP contribution in [0.2, 0.25) is 0 Å². The van der Waals surface area contributed by atoms with Gasteiger partial charge in [0.05, 0.1) is 6.10 Å². The standard InChI is InChI=1S/C15H25NO/c1-10(2)7-15(17)14(16)9-13-6-5-11(3)12(4)8-13/h5-6,8,10,14-15,17H,7,9,16H2,1-4H3. The lowest BCUT2D eigenvalue weighted by molar-refractivity contribution is 0.120. The Labute approximate surface area is 105 Å². The summed E-state index contributed by atoms with van der Waals surface area (Å²) in [5.74, 6) is 0.482. The molecule has 0 aromatic heterocycles. The Balaban J connectivity index is 2.61. The van der Waals surface area contributed by atoms with Gasteiger partial charge in [-0.3, -0.25) is 0 Å². The molecule has 0 heterocycles. The van der Waals surface area contributed by atoms with Crippen LogP contribution in [0, 0.1) is 19.8 Å². The summed E-state index contributed by atoms with van der Waals surface area (Å²) in [5.41, 5.74) is 9.83. The lowest BCUT2D eigenvalue weighted by Crippen LogP contribution is -2.37. The molecular weight excluding hydrogens is 210 g/mol. The number of aliphatic hydroxyl groups excluding tert-OH is 1. The van der Waals surface area contributed by atoms with Crippen molar-refractivity contribution in [2.75, 3.05) is 0 Å². The van der Waals surface area contributed by atoms with E-state index in [9.17, 15) is 5.11 Å². The van der Waals surface area contributed by atoms with Crippen LogP contribution in [-0.2, 0) is 6.42 Å². The molecule has 1 aromatic carbocycles. The van der Waals surface area contributed by atoms with E-state index in [2.05, 4.69) is 45.9 Å².